The van der Waals surface area contributed by atoms with Crippen molar-refractivity contribution in [3.63, 3.8) is 0 Å². The van der Waals surface area contributed by atoms with Crippen molar-refractivity contribution in [1.82, 2.24) is 5.32 Å². The highest BCUT2D eigenvalue weighted by molar-refractivity contribution is 5.99. The number of esters is 1. The molecule has 1 amide bonds. The van der Waals surface area contributed by atoms with Gasteiger partial charge < -0.3 is 14.8 Å². The molecule has 0 fully saturated rings. The summed E-state index contributed by atoms with van der Waals surface area (Å²) < 4.78 is 10.8. The van der Waals surface area contributed by atoms with Gasteiger partial charge >= 0.3 is 5.97 Å². The minimum absolute atomic E-state index is 0.126. The van der Waals surface area contributed by atoms with Crippen LogP contribution in [0.25, 0.3) is 0 Å². The van der Waals surface area contributed by atoms with Crippen molar-refractivity contribution in [2.24, 2.45) is 5.92 Å². The van der Waals surface area contributed by atoms with Crippen LogP contribution in [-0.2, 0) is 4.79 Å². The summed E-state index contributed by atoms with van der Waals surface area (Å²) in [5.74, 6) is -0.0563. The monoisotopic (exact) mass is 341 g/mol. The average Bonchev–Trinajstić information content (AvgIpc) is 2.60. The van der Waals surface area contributed by atoms with Crippen LogP contribution in [0.4, 0.5) is 0 Å². The number of para-hydroxylation sites is 2. The Morgan fingerprint density at radius 3 is 2.28 bits per heavy atom. The molecular weight excluding hydrogens is 318 g/mol. The second kappa shape index (κ2) is 8.87. The Kier molecular flexibility index (Phi) is 6.57. The summed E-state index contributed by atoms with van der Waals surface area (Å²) in [7, 11) is 0. The maximum absolute atomic E-state index is 12.6. The van der Waals surface area contributed by atoms with Crippen LogP contribution in [0.3, 0.4) is 0 Å². The highest BCUT2D eigenvalue weighted by Gasteiger charge is 2.27. The van der Waals surface area contributed by atoms with E-state index in [0.29, 0.717) is 23.7 Å². The largest absolute Gasteiger partial charge is 0.493 e. The van der Waals surface area contributed by atoms with Crippen molar-refractivity contribution < 1.29 is 19.1 Å². The van der Waals surface area contributed by atoms with Crippen LogP contribution in [0.15, 0.2) is 54.6 Å². The van der Waals surface area contributed by atoms with Gasteiger partial charge in [-0.2, -0.15) is 0 Å². The minimum atomic E-state index is -0.762. The molecule has 1 atom stereocenters. The fourth-order valence-corrected chi connectivity index (χ4v) is 2.32. The topological polar surface area (TPSA) is 64.6 Å². The molecule has 0 saturated carbocycles. The first kappa shape index (κ1) is 18.5. The fraction of sp³-hybridized carbons (Fsp3) is 0.300. The van der Waals surface area contributed by atoms with Crippen molar-refractivity contribution in [3.8, 4) is 11.5 Å². The van der Waals surface area contributed by atoms with Gasteiger partial charge in [0.25, 0.3) is 5.91 Å². The highest BCUT2D eigenvalue weighted by Crippen LogP contribution is 2.19. The molecule has 2 aromatic rings. The van der Waals surface area contributed by atoms with Gasteiger partial charge in [0.2, 0.25) is 0 Å². The van der Waals surface area contributed by atoms with Crippen LogP contribution in [0.1, 0.15) is 31.1 Å². The van der Waals surface area contributed by atoms with Crippen LogP contribution < -0.4 is 14.8 Å². The van der Waals surface area contributed by atoms with E-state index in [1.54, 1.807) is 48.5 Å². The summed E-state index contributed by atoms with van der Waals surface area (Å²) in [5, 5.41) is 2.76. The molecule has 0 spiro atoms. The Labute approximate surface area is 148 Å². The lowest BCUT2D eigenvalue weighted by Crippen LogP contribution is -2.46. The first-order valence-corrected chi connectivity index (χ1v) is 8.32. The molecule has 2 aromatic carbocycles. The van der Waals surface area contributed by atoms with Crippen LogP contribution >= 0.6 is 0 Å². The second-order valence-electron chi connectivity index (χ2n) is 5.86. The number of carbonyl (C=O) groups is 2. The summed E-state index contributed by atoms with van der Waals surface area (Å²) in [5.41, 5.74) is 0.391. The molecule has 0 aliphatic heterocycles. The molecule has 0 aliphatic rings. The van der Waals surface area contributed by atoms with E-state index in [9.17, 15) is 9.59 Å². The van der Waals surface area contributed by atoms with Gasteiger partial charge in [-0.1, -0.05) is 44.2 Å². The van der Waals surface area contributed by atoms with E-state index in [4.69, 9.17) is 9.47 Å². The molecule has 0 aromatic heterocycles. The van der Waals surface area contributed by atoms with Gasteiger partial charge in [0, 0.05) is 0 Å². The van der Waals surface area contributed by atoms with Crippen molar-refractivity contribution in [2.75, 3.05) is 6.61 Å². The molecular formula is C20H23NO4. The Morgan fingerprint density at radius 1 is 1.00 bits per heavy atom. The van der Waals surface area contributed by atoms with E-state index >= 15 is 0 Å². The van der Waals surface area contributed by atoms with Crippen LogP contribution in [0.2, 0.25) is 0 Å². The van der Waals surface area contributed by atoms with Crippen LogP contribution in [-0.4, -0.2) is 24.5 Å². The minimum Gasteiger partial charge on any atom is -0.493 e. The van der Waals surface area contributed by atoms with Gasteiger partial charge in [0.15, 0.2) is 0 Å². The van der Waals surface area contributed by atoms with E-state index in [-0.39, 0.29) is 11.8 Å². The van der Waals surface area contributed by atoms with Gasteiger partial charge in [0.1, 0.15) is 17.5 Å². The van der Waals surface area contributed by atoms with Crippen molar-refractivity contribution in [1.29, 1.82) is 0 Å². The van der Waals surface area contributed by atoms with Crippen molar-refractivity contribution in [3.05, 3.63) is 60.2 Å². The Balaban J connectivity index is 2.13. The first-order chi connectivity index (χ1) is 12.0. The Morgan fingerprint density at radius 2 is 1.64 bits per heavy atom. The number of hydrogen-bond donors (Lipinski definition) is 1. The molecule has 5 heteroatoms. The summed E-state index contributed by atoms with van der Waals surface area (Å²) in [6, 6.07) is 15.0. The molecule has 0 bridgehead atoms. The molecule has 0 heterocycles. The zero-order valence-electron chi connectivity index (χ0n) is 14.7. The summed E-state index contributed by atoms with van der Waals surface area (Å²) in [6.45, 7) is 6.01. The third kappa shape index (κ3) is 5.08. The number of carbonyl (C=O) groups excluding carboxylic acids is 2. The molecule has 0 aliphatic carbocycles. The number of benzene rings is 2. The normalized spacial score (nSPS) is 11.7. The van der Waals surface area contributed by atoms with Crippen molar-refractivity contribution >= 4 is 11.9 Å². The zero-order valence-corrected chi connectivity index (χ0v) is 14.7. The van der Waals surface area contributed by atoms with Gasteiger partial charge in [-0.05, 0) is 37.1 Å². The predicted octanol–water partition coefficient (Wildman–Crippen LogP) is 3.45. The first-order valence-electron chi connectivity index (χ1n) is 8.32. The molecule has 1 N–H and O–H groups in total. The number of amides is 1. The average molecular weight is 341 g/mol. The lowest BCUT2D eigenvalue weighted by Gasteiger charge is -2.21. The smallest absolute Gasteiger partial charge is 0.334 e. The van der Waals surface area contributed by atoms with Gasteiger partial charge in [-0.25, -0.2) is 4.79 Å². The molecule has 0 unspecified atom stereocenters. The van der Waals surface area contributed by atoms with Gasteiger partial charge in [-0.15, -0.1) is 0 Å². The lowest BCUT2D eigenvalue weighted by atomic mass is 10.0. The Hall–Kier alpha value is -2.82. The molecule has 132 valence electrons. The van der Waals surface area contributed by atoms with Crippen LogP contribution in [0.5, 0.6) is 11.5 Å². The quantitative estimate of drug-likeness (QED) is 0.619. The van der Waals surface area contributed by atoms with Gasteiger partial charge in [0.05, 0.1) is 12.2 Å². The van der Waals surface area contributed by atoms with Crippen molar-refractivity contribution in [2.45, 2.75) is 26.8 Å². The highest BCUT2D eigenvalue weighted by atomic mass is 16.5. The lowest BCUT2D eigenvalue weighted by molar-refractivity contribution is -0.137. The van der Waals surface area contributed by atoms with E-state index in [1.807, 2.05) is 26.8 Å². The van der Waals surface area contributed by atoms with Gasteiger partial charge in [-0.3, -0.25) is 4.79 Å². The van der Waals surface area contributed by atoms with E-state index < -0.39 is 12.0 Å². The molecule has 0 radical (unpaired) electrons. The number of hydrogen-bond acceptors (Lipinski definition) is 4. The Bertz CT molecular complexity index is 713. The zero-order chi connectivity index (χ0) is 18.2. The standard InChI is InChI=1S/C20H23NO4/c1-4-24-17-13-9-8-12-16(17)19(22)21-18(14(2)3)20(23)25-15-10-6-5-7-11-15/h5-14,18H,4H2,1-3H3,(H,21,22)/t18-/m1/s1. The van der Waals surface area contributed by atoms with E-state index in [0.717, 1.165) is 0 Å². The van der Waals surface area contributed by atoms with Crippen LogP contribution in [0, 0.1) is 5.92 Å². The van der Waals surface area contributed by atoms with E-state index in [1.165, 1.54) is 0 Å². The SMILES string of the molecule is CCOc1ccccc1C(=O)N[C@@H](C(=O)Oc1ccccc1)C(C)C. The van der Waals surface area contributed by atoms with E-state index in [2.05, 4.69) is 5.32 Å². The molecule has 25 heavy (non-hydrogen) atoms. The predicted molar refractivity (Wildman–Crippen MR) is 95.8 cm³/mol. The third-order valence-corrected chi connectivity index (χ3v) is 3.60. The summed E-state index contributed by atoms with van der Waals surface area (Å²) in [4.78, 5) is 25.1. The second-order valence-corrected chi connectivity index (χ2v) is 5.86. The molecule has 0 saturated heterocycles. The maximum atomic E-state index is 12.6. The fourth-order valence-electron chi connectivity index (χ4n) is 2.32. The molecule has 2 rings (SSSR count). The molecule has 5 nitrogen and oxygen atoms in total. The number of rotatable bonds is 7. The number of nitrogens with one attached hydrogen (secondary N) is 1. The summed E-state index contributed by atoms with van der Waals surface area (Å²) >= 11 is 0. The third-order valence-electron chi connectivity index (χ3n) is 3.60. The summed E-state index contributed by atoms with van der Waals surface area (Å²) in [6.07, 6.45) is 0. The maximum Gasteiger partial charge on any atom is 0.334 e. The number of ether oxygens (including phenoxy) is 2.